The van der Waals surface area contributed by atoms with Crippen LogP contribution in [0.3, 0.4) is 0 Å². The van der Waals surface area contributed by atoms with Crippen LogP contribution in [0.5, 0.6) is 0 Å². The van der Waals surface area contributed by atoms with Crippen molar-refractivity contribution < 1.29 is 5.11 Å². The predicted octanol–water partition coefficient (Wildman–Crippen LogP) is 3.15. The highest BCUT2D eigenvalue weighted by Gasteiger charge is 2.16. The molecule has 2 aromatic heterocycles. The lowest BCUT2D eigenvalue weighted by Crippen LogP contribution is -2.05. The molecule has 2 nitrogen and oxygen atoms in total. The minimum Gasteiger partial charge on any atom is -0.382 e. The Morgan fingerprint density at radius 2 is 2.06 bits per heavy atom. The summed E-state index contributed by atoms with van der Waals surface area (Å²) in [7, 11) is 0. The van der Waals surface area contributed by atoms with E-state index in [9.17, 15) is 5.11 Å². The summed E-state index contributed by atoms with van der Waals surface area (Å²) in [6.07, 6.45) is 1.19. The molecule has 1 atom stereocenters. The van der Waals surface area contributed by atoms with Crippen LogP contribution < -0.4 is 0 Å². The first kappa shape index (κ1) is 11.3. The predicted molar refractivity (Wildman–Crippen MR) is 66.8 cm³/mol. The molecule has 0 aliphatic heterocycles. The van der Waals surface area contributed by atoms with Gasteiger partial charge in [-0.05, 0) is 43.3 Å². The van der Waals surface area contributed by atoms with Crippen LogP contribution in [-0.4, -0.2) is 10.1 Å². The maximum atomic E-state index is 10.3. The van der Waals surface area contributed by atoms with E-state index in [0.29, 0.717) is 0 Å². The number of pyridine rings is 1. The maximum absolute atomic E-state index is 10.3. The van der Waals surface area contributed by atoms with Gasteiger partial charge >= 0.3 is 0 Å². The van der Waals surface area contributed by atoms with Gasteiger partial charge in [0.2, 0.25) is 0 Å². The molecule has 0 saturated heterocycles. The van der Waals surface area contributed by atoms with Crippen molar-refractivity contribution in [3.05, 3.63) is 51.0 Å². The minimum atomic E-state index is -0.605. The molecule has 0 aromatic carbocycles. The first-order chi connectivity index (χ1) is 7.59. The molecule has 0 bridgehead atoms. The monoisotopic (exact) mass is 233 g/mol. The van der Waals surface area contributed by atoms with E-state index in [1.54, 1.807) is 17.5 Å². The fraction of sp³-hybridized carbons (Fsp3) is 0.308. The van der Waals surface area contributed by atoms with E-state index in [1.165, 1.54) is 0 Å². The molecular formula is C13H15NOS. The summed E-state index contributed by atoms with van der Waals surface area (Å²) < 4.78 is 0. The van der Waals surface area contributed by atoms with Gasteiger partial charge in [0.1, 0.15) is 6.10 Å². The molecule has 0 aliphatic carbocycles. The van der Waals surface area contributed by atoms with Gasteiger partial charge in [-0.1, -0.05) is 6.07 Å². The molecule has 2 heterocycles. The van der Waals surface area contributed by atoms with E-state index in [0.717, 1.165) is 27.3 Å². The van der Waals surface area contributed by atoms with Crippen molar-refractivity contribution in [2.24, 2.45) is 0 Å². The summed E-state index contributed by atoms with van der Waals surface area (Å²) >= 11 is 1.65. The van der Waals surface area contributed by atoms with E-state index in [2.05, 4.69) is 4.98 Å². The maximum Gasteiger partial charge on any atom is 0.122 e. The van der Waals surface area contributed by atoms with Gasteiger partial charge in [0.05, 0.1) is 5.69 Å². The normalized spacial score (nSPS) is 12.8. The third-order valence-corrected chi connectivity index (χ3v) is 3.57. The molecule has 0 aliphatic rings. The van der Waals surface area contributed by atoms with E-state index >= 15 is 0 Å². The zero-order valence-electron chi connectivity index (χ0n) is 9.69. The summed E-state index contributed by atoms with van der Waals surface area (Å²) in [4.78, 5) is 5.48. The van der Waals surface area contributed by atoms with Gasteiger partial charge in [-0.15, -0.1) is 11.3 Å². The molecule has 3 heteroatoms. The molecule has 2 rings (SSSR count). The molecule has 0 amide bonds. The van der Waals surface area contributed by atoms with Gasteiger partial charge in [0, 0.05) is 16.6 Å². The van der Waals surface area contributed by atoms with Crippen LogP contribution in [0.4, 0.5) is 0 Å². The Kier molecular flexibility index (Phi) is 3.08. The van der Waals surface area contributed by atoms with Gasteiger partial charge in [-0.2, -0.15) is 0 Å². The number of hydrogen-bond donors (Lipinski definition) is 1. The first-order valence-electron chi connectivity index (χ1n) is 5.25. The summed E-state index contributed by atoms with van der Waals surface area (Å²) in [5.74, 6) is 0. The van der Waals surface area contributed by atoms with E-state index < -0.39 is 6.10 Å². The standard InChI is InChI=1S/C13H15NOS/c1-8-6-9(2)12(14-7-8)13(15)11-4-5-16-10(11)3/h4-7,13,15H,1-3H3. The van der Waals surface area contributed by atoms with Crippen molar-refractivity contribution in [2.75, 3.05) is 0 Å². The second kappa shape index (κ2) is 4.36. The number of aromatic nitrogens is 1. The van der Waals surface area contributed by atoms with Crippen molar-refractivity contribution in [3.8, 4) is 0 Å². The van der Waals surface area contributed by atoms with Gasteiger partial charge < -0.3 is 5.11 Å². The van der Waals surface area contributed by atoms with Crippen LogP contribution in [0.25, 0.3) is 0 Å². The number of aliphatic hydroxyl groups excluding tert-OH is 1. The molecule has 1 unspecified atom stereocenters. The SMILES string of the molecule is Cc1cnc(C(O)c2ccsc2C)c(C)c1. The number of aryl methyl sites for hydroxylation is 3. The quantitative estimate of drug-likeness (QED) is 0.864. The highest BCUT2D eigenvalue weighted by molar-refractivity contribution is 7.10. The van der Waals surface area contributed by atoms with E-state index in [1.807, 2.05) is 38.3 Å². The number of nitrogens with zero attached hydrogens (tertiary/aromatic N) is 1. The number of thiophene rings is 1. The topological polar surface area (TPSA) is 33.1 Å². The fourth-order valence-electron chi connectivity index (χ4n) is 1.84. The average Bonchev–Trinajstić information content (AvgIpc) is 2.63. The fourth-order valence-corrected chi connectivity index (χ4v) is 2.57. The highest BCUT2D eigenvalue weighted by atomic mass is 32.1. The van der Waals surface area contributed by atoms with Crippen molar-refractivity contribution in [1.29, 1.82) is 0 Å². The molecule has 16 heavy (non-hydrogen) atoms. The van der Waals surface area contributed by atoms with Crippen LogP contribution in [0.2, 0.25) is 0 Å². The van der Waals surface area contributed by atoms with Crippen molar-refractivity contribution >= 4 is 11.3 Å². The average molecular weight is 233 g/mol. The van der Waals surface area contributed by atoms with Crippen LogP contribution >= 0.6 is 11.3 Å². The number of hydrogen-bond acceptors (Lipinski definition) is 3. The molecule has 1 N–H and O–H groups in total. The lowest BCUT2D eigenvalue weighted by molar-refractivity contribution is 0.214. The molecule has 0 spiro atoms. The van der Waals surface area contributed by atoms with Crippen LogP contribution in [0.1, 0.15) is 33.4 Å². The van der Waals surface area contributed by atoms with Crippen LogP contribution in [0.15, 0.2) is 23.7 Å². The van der Waals surface area contributed by atoms with Gasteiger partial charge in [-0.3, -0.25) is 4.98 Å². The highest BCUT2D eigenvalue weighted by Crippen LogP contribution is 2.28. The van der Waals surface area contributed by atoms with Crippen molar-refractivity contribution in [3.63, 3.8) is 0 Å². The second-order valence-corrected chi connectivity index (χ2v) is 5.17. The molecule has 0 radical (unpaired) electrons. The lowest BCUT2D eigenvalue weighted by Gasteiger charge is -2.13. The Hall–Kier alpha value is -1.19. The first-order valence-corrected chi connectivity index (χ1v) is 6.12. The minimum absolute atomic E-state index is 0.605. The Morgan fingerprint density at radius 1 is 1.31 bits per heavy atom. The molecular weight excluding hydrogens is 218 g/mol. The molecule has 2 aromatic rings. The third-order valence-electron chi connectivity index (χ3n) is 2.71. The van der Waals surface area contributed by atoms with Crippen molar-refractivity contribution in [1.82, 2.24) is 4.98 Å². The Bertz CT molecular complexity index is 504. The molecule has 0 fully saturated rings. The molecule has 0 saturated carbocycles. The van der Waals surface area contributed by atoms with Gasteiger partial charge in [0.25, 0.3) is 0 Å². The van der Waals surface area contributed by atoms with Gasteiger partial charge in [-0.25, -0.2) is 0 Å². The van der Waals surface area contributed by atoms with Crippen molar-refractivity contribution in [2.45, 2.75) is 26.9 Å². The Balaban J connectivity index is 2.41. The number of aliphatic hydroxyl groups is 1. The van der Waals surface area contributed by atoms with Crippen LogP contribution in [-0.2, 0) is 0 Å². The smallest absolute Gasteiger partial charge is 0.122 e. The lowest BCUT2D eigenvalue weighted by atomic mass is 10.0. The van der Waals surface area contributed by atoms with E-state index in [-0.39, 0.29) is 0 Å². The zero-order chi connectivity index (χ0) is 11.7. The summed E-state index contributed by atoms with van der Waals surface area (Å²) in [6, 6.07) is 4.01. The summed E-state index contributed by atoms with van der Waals surface area (Å²) in [5.41, 5.74) is 3.88. The largest absolute Gasteiger partial charge is 0.382 e. The number of rotatable bonds is 2. The summed E-state index contributed by atoms with van der Waals surface area (Å²) in [5, 5.41) is 12.3. The van der Waals surface area contributed by atoms with E-state index in [4.69, 9.17) is 0 Å². The Labute approximate surface area is 99.6 Å². The van der Waals surface area contributed by atoms with Crippen LogP contribution in [0, 0.1) is 20.8 Å². The third kappa shape index (κ3) is 2.01. The molecule has 84 valence electrons. The van der Waals surface area contributed by atoms with Gasteiger partial charge in [0.15, 0.2) is 0 Å². The second-order valence-electron chi connectivity index (χ2n) is 4.05. The Morgan fingerprint density at radius 3 is 2.62 bits per heavy atom. The zero-order valence-corrected chi connectivity index (χ0v) is 10.5. The summed E-state index contributed by atoms with van der Waals surface area (Å²) in [6.45, 7) is 6.01.